The van der Waals surface area contributed by atoms with Crippen LogP contribution in [0.3, 0.4) is 0 Å². The first-order chi connectivity index (χ1) is 7.99. The van der Waals surface area contributed by atoms with Gasteiger partial charge in [0, 0.05) is 19.1 Å². The normalized spacial score (nSPS) is 11.9. The lowest BCUT2D eigenvalue weighted by molar-refractivity contribution is 0.566. The average Bonchev–Trinajstić information content (AvgIpc) is 2.27. The topological polar surface area (TPSA) is 58.2 Å². The third-order valence-corrected chi connectivity index (χ3v) is 3.59. The summed E-state index contributed by atoms with van der Waals surface area (Å²) in [5.74, 6) is 0.109. The summed E-state index contributed by atoms with van der Waals surface area (Å²) in [7, 11) is -3.19. The molecule has 0 spiro atoms. The monoisotopic (exact) mass is 256 g/mol. The van der Waals surface area contributed by atoms with Crippen molar-refractivity contribution in [2.24, 2.45) is 0 Å². The van der Waals surface area contributed by atoms with E-state index in [9.17, 15) is 8.42 Å². The molecule has 4 nitrogen and oxygen atoms in total. The lowest BCUT2D eigenvalue weighted by atomic mass is 10.2. The molecule has 17 heavy (non-hydrogen) atoms. The van der Waals surface area contributed by atoms with Gasteiger partial charge in [-0.1, -0.05) is 44.2 Å². The first-order valence-corrected chi connectivity index (χ1v) is 7.39. The van der Waals surface area contributed by atoms with Crippen LogP contribution in [0.15, 0.2) is 30.3 Å². The molecule has 0 amide bonds. The van der Waals surface area contributed by atoms with Crippen molar-refractivity contribution in [2.75, 3.05) is 12.3 Å². The van der Waals surface area contributed by atoms with Gasteiger partial charge < -0.3 is 5.32 Å². The van der Waals surface area contributed by atoms with Gasteiger partial charge in [-0.25, -0.2) is 13.1 Å². The van der Waals surface area contributed by atoms with Crippen LogP contribution in [0.1, 0.15) is 19.4 Å². The molecular formula is C12H20N2O2S. The molecule has 2 N–H and O–H groups in total. The van der Waals surface area contributed by atoms with Crippen LogP contribution in [-0.2, 0) is 16.6 Å². The van der Waals surface area contributed by atoms with Crippen LogP contribution in [-0.4, -0.2) is 26.8 Å². The maximum atomic E-state index is 11.6. The zero-order chi connectivity index (χ0) is 12.7. The molecule has 1 rings (SSSR count). The van der Waals surface area contributed by atoms with E-state index >= 15 is 0 Å². The second-order valence-corrected chi connectivity index (χ2v) is 6.16. The highest BCUT2D eigenvalue weighted by Gasteiger charge is 2.09. The number of sulfonamides is 1. The quantitative estimate of drug-likeness (QED) is 0.768. The van der Waals surface area contributed by atoms with E-state index in [1.54, 1.807) is 0 Å². The standard InChI is InChI=1S/C12H20N2O2S/c1-11(2)13-8-9-17(15,16)14-10-12-6-4-3-5-7-12/h3-7,11,13-14H,8-10H2,1-2H3. The SMILES string of the molecule is CC(C)NCCS(=O)(=O)NCc1ccccc1. The zero-order valence-electron chi connectivity index (χ0n) is 10.3. The van der Waals surface area contributed by atoms with Crippen LogP contribution in [0.25, 0.3) is 0 Å². The van der Waals surface area contributed by atoms with Crippen LogP contribution in [0, 0.1) is 0 Å². The van der Waals surface area contributed by atoms with Gasteiger partial charge in [0.2, 0.25) is 10.0 Å². The highest BCUT2D eigenvalue weighted by molar-refractivity contribution is 7.89. The van der Waals surface area contributed by atoms with Gasteiger partial charge in [-0.2, -0.15) is 0 Å². The summed E-state index contributed by atoms with van der Waals surface area (Å²) in [4.78, 5) is 0. The Bertz CT molecular complexity index is 415. The molecule has 0 aliphatic rings. The number of hydrogen-bond acceptors (Lipinski definition) is 3. The lowest BCUT2D eigenvalue weighted by Crippen LogP contribution is -2.34. The summed E-state index contributed by atoms with van der Waals surface area (Å²) in [6, 6.07) is 9.79. The maximum absolute atomic E-state index is 11.6. The van der Waals surface area contributed by atoms with E-state index in [1.165, 1.54) is 0 Å². The Kier molecular flexibility index (Phi) is 5.61. The fourth-order valence-corrected chi connectivity index (χ4v) is 2.26. The number of hydrogen-bond donors (Lipinski definition) is 2. The van der Waals surface area contributed by atoms with Gasteiger partial charge >= 0.3 is 0 Å². The Morgan fingerprint density at radius 2 is 1.82 bits per heavy atom. The van der Waals surface area contributed by atoms with Crippen molar-refractivity contribution >= 4 is 10.0 Å². The predicted octanol–water partition coefficient (Wildman–Crippen LogP) is 1.10. The second kappa shape index (κ2) is 6.74. The molecule has 0 saturated carbocycles. The van der Waals surface area contributed by atoms with E-state index < -0.39 is 10.0 Å². The Balaban J connectivity index is 2.35. The highest BCUT2D eigenvalue weighted by Crippen LogP contribution is 1.98. The summed E-state index contributed by atoms with van der Waals surface area (Å²) < 4.78 is 25.8. The van der Waals surface area contributed by atoms with E-state index in [4.69, 9.17) is 0 Å². The van der Waals surface area contributed by atoms with E-state index in [2.05, 4.69) is 10.0 Å². The highest BCUT2D eigenvalue weighted by atomic mass is 32.2. The minimum atomic E-state index is -3.19. The summed E-state index contributed by atoms with van der Waals surface area (Å²) in [5.41, 5.74) is 0.966. The van der Waals surface area contributed by atoms with E-state index in [0.717, 1.165) is 5.56 Å². The van der Waals surface area contributed by atoms with Gasteiger partial charge in [-0.3, -0.25) is 0 Å². The average molecular weight is 256 g/mol. The number of rotatable bonds is 7. The Labute approximate surface area is 103 Å². The van der Waals surface area contributed by atoms with Gasteiger partial charge in [0.1, 0.15) is 0 Å². The second-order valence-electron chi connectivity index (χ2n) is 4.23. The molecule has 0 radical (unpaired) electrons. The summed E-state index contributed by atoms with van der Waals surface area (Å²) >= 11 is 0. The van der Waals surface area contributed by atoms with Gasteiger partial charge in [-0.05, 0) is 5.56 Å². The number of benzene rings is 1. The van der Waals surface area contributed by atoms with Gasteiger partial charge in [0.05, 0.1) is 5.75 Å². The first-order valence-electron chi connectivity index (χ1n) is 5.74. The molecule has 0 aliphatic heterocycles. The van der Waals surface area contributed by atoms with Crippen molar-refractivity contribution in [1.29, 1.82) is 0 Å². The minimum absolute atomic E-state index is 0.109. The van der Waals surface area contributed by atoms with Crippen LogP contribution >= 0.6 is 0 Å². The van der Waals surface area contributed by atoms with Crippen molar-refractivity contribution in [3.63, 3.8) is 0 Å². The maximum Gasteiger partial charge on any atom is 0.213 e. The minimum Gasteiger partial charge on any atom is -0.313 e. The summed E-state index contributed by atoms with van der Waals surface area (Å²) in [5, 5.41) is 3.08. The first kappa shape index (κ1) is 14.2. The van der Waals surface area contributed by atoms with Crippen LogP contribution in [0.5, 0.6) is 0 Å². The number of nitrogens with one attached hydrogen (secondary N) is 2. The molecule has 1 aromatic rings. The predicted molar refractivity (Wildman–Crippen MR) is 70.2 cm³/mol. The molecular weight excluding hydrogens is 236 g/mol. The third-order valence-electron chi connectivity index (χ3n) is 2.26. The van der Waals surface area contributed by atoms with Crippen molar-refractivity contribution in [1.82, 2.24) is 10.0 Å². The summed E-state index contributed by atoms with van der Waals surface area (Å²) in [6.07, 6.45) is 0. The van der Waals surface area contributed by atoms with Crippen molar-refractivity contribution in [2.45, 2.75) is 26.4 Å². The molecule has 0 heterocycles. The van der Waals surface area contributed by atoms with Gasteiger partial charge in [0.25, 0.3) is 0 Å². The molecule has 0 bridgehead atoms. The van der Waals surface area contributed by atoms with Crippen molar-refractivity contribution in [3.8, 4) is 0 Å². The fourth-order valence-electron chi connectivity index (χ4n) is 1.34. The van der Waals surface area contributed by atoms with Crippen molar-refractivity contribution in [3.05, 3.63) is 35.9 Å². The zero-order valence-corrected chi connectivity index (χ0v) is 11.1. The smallest absolute Gasteiger partial charge is 0.213 e. The molecule has 0 unspecified atom stereocenters. The molecule has 5 heteroatoms. The van der Waals surface area contributed by atoms with E-state index in [1.807, 2.05) is 44.2 Å². The molecule has 96 valence electrons. The van der Waals surface area contributed by atoms with E-state index in [0.29, 0.717) is 19.1 Å². The Morgan fingerprint density at radius 3 is 2.41 bits per heavy atom. The van der Waals surface area contributed by atoms with Crippen molar-refractivity contribution < 1.29 is 8.42 Å². The molecule has 0 fully saturated rings. The lowest BCUT2D eigenvalue weighted by Gasteiger charge is -2.09. The Morgan fingerprint density at radius 1 is 1.18 bits per heavy atom. The van der Waals surface area contributed by atoms with Gasteiger partial charge in [0.15, 0.2) is 0 Å². The van der Waals surface area contributed by atoms with E-state index in [-0.39, 0.29) is 5.75 Å². The van der Waals surface area contributed by atoms with Crippen LogP contribution < -0.4 is 10.0 Å². The third kappa shape index (κ3) is 6.41. The largest absolute Gasteiger partial charge is 0.313 e. The van der Waals surface area contributed by atoms with Gasteiger partial charge in [-0.15, -0.1) is 0 Å². The Hall–Kier alpha value is -0.910. The molecule has 0 atom stereocenters. The molecule has 1 aromatic carbocycles. The molecule has 0 saturated heterocycles. The fraction of sp³-hybridized carbons (Fsp3) is 0.500. The van der Waals surface area contributed by atoms with Crippen LogP contribution in [0.4, 0.5) is 0 Å². The molecule has 0 aromatic heterocycles. The summed E-state index contributed by atoms with van der Waals surface area (Å²) in [6.45, 7) is 4.81. The van der Waals surface area contributed by atoms with Crippen LogP contribution in [0.2, 0.25) is 0 Å². The molecule has 0 aliphatic carbocycles.